The van der Waals surface area contributed by atoms with Crippen LogP contribution in [0.25, 0.3) is 0 Å². The summed E-state index contributed by atoms with van der Waals surface area (Å²) >= 11 is 0. The third-order valence-corrected chi connectivity index (χ3v) is 2.96. The molecule has 3 N–H and O–H groups in total. The van der Waals surface area contributed by atoms with Crippen LogP contribution in [0.2, 0.25) is 0 Å². The molecule has 6 heteroatoms. The van der Waals surface area contributed by atoms with Crippen LogP contribution in [0.15, 0.2) is 48.5 Å². The summed E-state index contributed by atoms with van der Waals surface area (Å²) in [4.78, 5) is 23.2. The van der Waals surface area contributed by atoms with Crippen molar-refractivity contribution in [3.63, 3.8) is 0 Å². The van der Waals surface area contributed by atoms with Crippen molar-refractivity contribution >= 4 is 23.2 Å². The van der Waals surface area contributed by atoms with Crippen LogP contribution in [0, 0.1) is 0 Å². The molecule has 0 atom stereocenters. The predicted molar refractivity (Wildman–Crippen MR) is 87.6 cm³/mol. The lowest BCUT2D eigenvalue weighted by Gasteiger charge is -2.09. The van der Waals surface area contributed by atoms with Crippen molar-refractivity contribution in [1.82, 2.24) is 0 Å². The highest BCUT2D eigenvalue weighted by atomic mass is 16.5. The Bertz CT molecular complexity index is 683. The normalized spacial score (nSPS) is 9.96. The number of amides is 2. The van der Waals surface area contributed by atoms with Crippen LogP contribution in [0.4, 0.5) is 11.4 Å². The Hall–Kier alpha value is -3.02. The summed E-state index contributed by atoms with van der Waals surface area (Å²) in [6.07, 6.45) is 0.389. The third kappa shape index (κ3) is 5.35. The Morgan fingerprint density at radius 1 is 1.00 bits per heavy atom. The molecule has 2 amide bonds. The maximum Gasteiger partial charge on any atom is 0.262 e. The molecule has 0 fully saturated rings. The molecular weight excluding hydrogens is 296 g/mol. The fourth-order valence-corrected chi connectivity index (χ4v) is 1.80. The number of benzene rings is 2. The molecule has 0 aliphatic rings. The Labute approximate surface area is 134 Å². The molecule has 6 nitrogen and oxygen atoms in total. The zero-order valence-electron chi connectivity index (χ0n) is 12.7. The Morgan fingerprint density at radius 3 is 2.39 bits per heavy atom. The topological polar surface area (TPSA) is 87.7 Å². The van der Waals surface area contributed by atoms with E-state index in [1.807, 2.05) is 0 Å². The number of carbonyl (C=O) groups excluding carboxylic acids is 2. The number of phenolic OH excluding ortho intramolecular Hbond substituents is 1. The molecule has 2 aromatic rings. The maximum atomic E-state index is 11.8. The highest BCUT2D eigenvalue weighted by Crippen LogP contribution is 2.18. The first-order chi connectivity index (χ1) is 11.1. The average Bonchev–Trinajstić information content (AvgIpc) is 2.55. The minimum absolute atomic E-state index is 0.0905. The molecule has 2 rings (SSSR count). The van der Waals surface area contributed by atoms with Gasteiger partial charge in [0, 0.05) is 23.9 Å². The lowest BCUT2D eigenvalue weighted by Crippen LogP contribution is -2.20. The fraction of sp³-hybridized carbons (Fsp3) is 0.176. The number of nitrogens with one attached hydrogen (secondary N) is 2. The number of rotatable bonds is 6. The van der Waals surface area contributed by atoms with Crippen molar-refractivity contribution in [2.75, 3.05) is 17.2 Å². The summed E-state index contributed by atoms with van der Waals surface area (Å²) in [5.74, 6) is 0.204. The van der Waals surface area contributed by atoms with E-state index in [-0.39, 0.29) is 24.2 Å². The van der Waals surface area contributed by atoms with Crippen molar-refractivity contribution < 1.29 is 19.4 Å². The highest BCUT2D eigenvalue weighted by molar-refractivity contribution is 5.92. The van der Waals surface area contributed by atoms with Crippen LogP contribution < -0.4 is 15.4 Å². The van der Waals surface area contributed by atoms with Gasteiger partial charge in [-0.15, -0.1) is 0 Å². The maximum absolute atomic E-state index is 11.8. The van der Waals surface area contributed by atoms with Crippen molar-refractivity contribution in [2.24, 2.45) is 0 Å². The van der Waals surface area contributed by atoms with E-state index in [4.69, 9.17) is 4.74 Å². The molecule has 0 unspecified atom stereocenters. The van der Waals surface area contributed by atoms with Crippen LogP contribution in [0.1, 0.15) is 13.3 Å². The van der Waals surface area contributed by atoms with Crippen LogP contribution in [0.5, 0.6) is 11.5 Å². The van der Waals surface area contributed by atoms with Gasteiger partial charge >= 0.3 is 0 Å². The quantitative estimate of drug-likeness (QED) is 0.715. The molecule has 120 valence electrons. The molecule has 0 radical (unpaired) electrons. The van der Waals surface area contributed by atoms with E-state index in [2.05, 4.69) is 10.6 Å². The lowest BCUT2D eigenvalue weighted by atomic mass is 10.3. The molecule has 0 bridgehead atoms. The first-order valence-electron chi connectivity index (χ1n) is 7.18. The van der Waals surface area contributed by atoms with Crippen molar-refractivity contribution in [1.29, 1.82) is 0 Å². The van der Waals surface area contributed by atoms with E-state index in [1.165, 1.54) is 12.1 Å². The highest BCUT2D eigenvalue weighted by Gasteiger charge is 2.05. The summed E-state index contributed by atoms with van der Waals surface area (Å²) in [7, 11) is 0. The van der Waals surface area contributed by atoms with Crippen LogP contribution in [-0.4, -0.2) is 23.5 Å². The van der Waals surface area contributed by atoms with Crippen molar-refractivity contribution in [3.05, 3.63) is 48.5 Å². The standard InChI is InChI=1S/C17H18N2O4/c1-2-16(21)19-13-4-3-5-15(10-13)23-11-17(22)18-12-6-8-14(20)9-7-12/h3-10,20H,2,11H2,1H3,(H,18,22)(H,19,21). The smallest absolute Gasteiger partial charge is 0.262 e. The molecule has 23 heavy (non-hydrogen) atoms. The van der Waals surface area contributed by atoms with Gasteiger partial charge in [0.15, 0.2) is 6.61 Å². The van der Waals surface area contributed by atoms with Crippen LogP contribution in [-0.2, 0) is 9.59 Å². The van der Waals surface area contributed by atoms with E-state index in [9.17, 15) is 14.7 Å². The zero-order valence-corrected chi connectivity index (χ0v) is 12.7. The van der Waals surface area contributed by atoms with Gasteiger partial charge in [-0.1, -0.05) is 13.0 Å². The number of phenols is 1. The van der Waals surface area contributed by atoms with Gasteiger partial charge in [-0.2, -0.15) is 0 Å². The van der Waals surface area contributed by atoms with E-state index >= 15 is 0 Å². The summed E-state index contributed by atoms with van der Waals surface area (Å²) in [5.41, 5.74) is 1.19. The van der Waals surface area contributed by atoms with Gasteiger partial charge in [0.1, 0.15) is 11.5 Å². The van der Waals surface area contributed by atoms with Gasteiger partial charge in [-0.3, -0.25) is 9.59 Å². The molecule has 0 aliphatic heterocycles. The van der Waals surface area contributed by atoms with Gasteiger partial charge in [-0.25, -0.2) is 0 Å². The molecular formula is C17H18N2O4. The Morgan fingerprint density at radius 2 is 1.70 bits per heavy atom. The lowest BCUT2D eigenvalue weighted by molar-refractivity contribution is -0.118. The van der Waals surface area contributed by atoms with Crippen molar-refractivity contribution in [2.45, 2.75) is 13.3 Å². The van der Waals surface area contributed by atoms with Gasteiger partial charge < -0.3 is 20.5 Å². The number of ether oxygens (including phenoxy) is 1. The molecule has 0 saturated heterocycles. The van der Waals surface area contributed by atoms with Gasteiger partial charge in [-0.05, 0) is 36.4 Å². The number of aromatic hydroxyl groups is 1. The summed E-state index contributed by atoms with van der Waals surface area (Å²) in [6, 6.07) is 13.0. The van der Waals surface area contributed by atoms with E-state index in [0.717, 1.165) is 0 Å². The second-order valence-corrected chi connectivity index (χ2v) is 4.81. The first-order valence-corrected chi connectivity index (χ1v) is 7.18. The Kier molecular flexibility index (Phi) is 5.57. The molecule has 0 aliphatic carbocycles. The fourth-order valence-electron chi connectivity index (χ4n) is 1.80. The largest absolute Gasteiger partial charge is 0.508 e. The first kappa shape index (κ1) is 16.4. The monoisotopic (exact) mass is 314 g/mol. The van der Waals surface area contributed by atoms with Gasteiger partial charge in [0.25, 0.3) is 5.91 Å². The predicted octanol–water partition coefficient (Wildman–Crippen LogP) is 2.76. The minimum Gasteiger partial charge on any atom is -0.508 e. The molecule has 2 aromatic carbocycles. The second-order valence-electron chi connectivity index (χ2n) is 4.81. The molecule has 0 heterocycles. The Balaban J connectivity index is 1.87. The van der Waals surface area contributed by atoms with Gasteiger partial charge in [0.05, 0.1) is 0 Å². The summed E-state index contributed by atoms with van der Waals surface area (Å²) in [5, 5.41) is 14.6. The zero-order chi connectivity index (χ0) is 16.7. The molecule has 0 aromatic heterocycles. The number of hydrogen-bond acceptors (Lipinski definition) is 4. The third-order valence-electron chi connectivity index (χ3n) is 2.96. The van der Waals surface area contributed by atoms with Gasteiger partial charge in [0.2, 0.25) is 5.91 Å². The summed E-state index contributed by atoms with van der Waals surface area (Å²) < 4.78 is 5.41. The molecule has 0 spiro atoms. The average molecular weight is 314 g/mol. The number of carbonyl (C=O) groups is 2. The second kappa shape index (κ2) is 7.84. The minimum atomic E-state index is -0.321. The van der Waals surface area contributed by atoms with E-state index in [0.29, 0.717) is 23.5 Å². The number of anilines is 2. The van der Waals surface area contributed by atoms with Crippen molar-refractivity contribution in [3.8, 4) is 11.5 Å². The van der Waals surface area contributed by atoms with E-state index in [1.54, 1.807) is 43.3 Å². The SMILES string of the molecule is CCC(=O)Nc1cccc(OCC(=O)Nc2ccc(O)cc2)c1. The van der Waals surface area contributed by atoms with Crippen LogP contribution in [0.3, 0.4) is 0 Å². The van der Waals surface area contributed by atoms with Crippen LogP contribution >= 0.6 is 0 Å². The summed E-state index contributed by atoms with van der Waals surface area (Å²) in [6.45, 7) is 1.61. The van der Waals surface area contributed by atoms with E-state index < -0.39 is 0 Å². The molecule has 0 saturated carbocycles. The number of hydrogen-bond donors (Lipinski definition) is 3.